The second-order valence-electron chi connectivity index (χ2n) is 5.27. The minimum atomic E-state index is -0.388. The number of anilines is 1. The molecule has 1 aliphatic rings. The third kappa shape index (κ3) is 2.39. The number of benzene rings is 1. The Morgan fingerprint density at radius 1 is 1.27 bits per heavy atom. The number of aromatic nitrogens is 3. The molecule has 3 aromatic rings. The summed E-state index contributed by atoms with van der Waals surface area (Å²) in [7, 11) is 0. The summed E-state index contributed by atoms with van der Waals surface area (Å²) in [5.74, 6) is 0.116. The standard InChI is InChI=1S/C15H12N4O2S/c20-12-10-4-2-1-3-9(10)7-11(16-12)13(21)17-15-19-18-14(22-15)8-5-6-8/h1-4,7-8H,5-6H2,(H,16,20)(H,17,19,21). The van der Waals surface area contributed by atoms with Gasteiger partial charge in [-0.05, 0) is 30.4 Å². The zero-order chi connectivity index (χ0) is 15.1. The summed E-state index contributed by atoms with van der Waals surface area (Å²) >= 11 is 1.39. The van der Waals surface area contributed by atoms with Gasteiger partial charge in [-0.2, -0.15) is 0 Å². The molecule has 6 nitrogen and oxygen atoms in total. The number of carbonyl (C=O) groups excluding carboxylic acids is 1. The third-order valence-electron chi connectivity index (χ3n) is 3.59. The van der Waals surface area contributed by atoms with Gasteiger partial charge in [0.2, 0.25) is 5.13 Å². The quantitative estimate of drug-likeness (QED) is 0.778. The Morgan fingerprint density at radius 3 is 2.91 bits per heavy atom. The summed E-state index contributed by atoms with van der Waals surface area (Å²) in [5.41, 5.74) is -0.0638. The number of pyridine rings is 1. The molecule has 7 heteroatoms. The van der Waals surface area contributed by atoms with Gasteiger partial charge in [0.15, 0.2) is 0 Å². The Morgan fingerprint density at radius 2 is 2.09 bits per heavy atom. The van der Waals surface area contributed by atoms with E-state index in [0.29, 0.717) is 16.4 Å². The lowest BCUT2D eigenvalue weighted by Gasteiger charge is -2.03. The van der Waals surface area contributed by atoms with Crippen LogP contribution in [0.4, 0.5) is 5.13 Å². The van der Waals surface area contributed by atoms with Crippen molar-refractivity contribution in [2.75, 3.05) is 5.32 Å². The number of carbonyl (C=O) groups is 1. The van der Waals surface area contributed by atoms with Crippen LogP contribution in [0, 0.1) is 0 Å². The fraction of sp³-hybridized carbons (Fsp3) is 0.200. The van der Waals surface area contributed by atoms with E-state index in [1.54, 1.807) is 24.3 Å². The van der Waals surface area contributed by atoms with Crippen molar-refractivity contribution in [3.8, 4) is 0 Å². The van der Waals surface area contributed by atoms with Gasteiger partial charge in [0.1, 0.15) is 10.7 Å². The van der Waals surface area contributed by atoms with E-state index in [0.717, 1.165) is 23.2 Å². The monoisotopic (exact) mass is 312 g/mol. The van der Waals surface area contributed by atoms with E-state index in [2.05, 4.69) is 20.5 Å². The van der Waals surface area contributed by atoms with E-state index in [-0.39, 0.29) is 17.2 Å². The van der Waals surface area contributed by atoms with Gasteiger partial charge in [-0.1, -0.05) is 29.5 Å². The van der Waals surface area contributed by atoms with Crippen LogP contribution >= 0.6 is 11.3 Å². The first-order valence-corrected chi connectivity index (χ1v) is 7.79. The summed E-state index contributed by atoms with van der Waals surface area (Å²) in [6, 6.07) is 8.81. The Bertz CT molecular complexity index is 926. The van der Waals surface area contributed by atoms with Gasteiger partial charge in [-0.3, -0.25) is 14.9 Å². The van der Waals surface area contributed by atoms with Crippen molar-refractivity contribution in [1.82, 2.24) is 15.2 Å². The number of H-pyrrole nitrogens is 1. The molecule has 2 heterocycles. The van der Waals surface area contributed by atoms with Crippen LogP contribution in [0.15, 0.2) is 35.1 Å². The maximum Gasteiger partial charge on any atom is 0.274 e. The fourth-order valence-corrected chi connectivity index (χ4v) is 3.19. The molecular weight excluding hydrogens is 300 g/mol. The normalized spacial score (nSPS) is 14.2. The van der Waals surface area contributed by atoms with Crippen molar-refractivity contribution in [2.45, 2.75) is 18.8 Å². The molecule has 0 aliphatic heterocycles. The lowest BCUT2D eigenvalue weighted by molar-refractivity contribution is 0.102. The summed E-state index contributed by atoms with van der Waals surface area (Å²) in [5, 5.41) is 13.4. The van der Waals surface area contributed by atoms with Crippen LogP contribution in [0.25, 0.3) is 10.8 Å². The highest BCUT2D eigenvalue weighted by atomic mass is 32.1. The zero-order valence-corrected chi connectivity index (χ0v) is 12.3. The van der Waals surface area contributed by atoms with Crippen molar-refractivity contribution < 1.29 is 4.79 Å². The zero-order valence-electron chi connectivity index (χ0n) is 11.5. The average molecular weight is 312 g/mol. The van der Waals surface area contributed by atoms with Gasteiger partial charge >= 0.3 is 0 Å². The van der Waals surface area contributed by atoms with E-state index in [1.165, 1.54) is 11.3 Å². The minimum absolute atomic E-state index is 0.215. The molecule has 0 spiro atoms. The second kappa shape index (κ2) is 5.03. The van der Waals surface area contributed by atoms with Gasteiger partial charge < -0.3 is 4.98 Å². The van der Waals surface area contributed by atoms with Gasteiger partial charge in [0.25, 0.3) is 11.5 Å². The highest BCUT2D eigenvalue weighted by molar-refractivity contribution is 7.15. The third-order valence-corrected chi connectivity index (χ3v) is 4.59. The molecule has 0 radical (unpaired) electrons. The molecular formula is C15H12N4O2S. The highest BCUT2D eigenvalue weighted by Crippen LogP contribution is 2.42. The Labute approximate surface area is 129 Å². The SMILES string of the molecule is O=C(Nc1nnc(C2CC2)s1)c1cc2ccccc2c(=O)[nH]1. The van der Waals surface area contributed by atoms with Crippen LogP contribution in [-0.4, -0.2) is 21.1 Å². The van der Waals surface area contributed by atoms with Gasteiger partial charge in [0.05, 0.1) is 0 Å². The molecule has 1 amide bonds. The molecule has 1 saturated carbocycles. The molecule has 1 aliphatic carbocycles. The summed E-state index contributed by atoms with van der Waals surface area (Å²) in [4.78, 5) is 26.9. The number of hydrogen-bond acceptors (Lipinski definition) is 5. The first-order chi connectivity index (χ1) is 10.7. The number of amides is 1. The highest BCUT2D eigenvalue weighted by Gasteiger charge is 2.27. The number of nitrogens with zero attached hydrogens (tertiary/aromatic N) is 2. The van der Waals surface area contributed by atoms with Gasteiger partial charge in [0, 0.05) is 11.3 Å². The fourth-order valence-electron chi connectivity index (χ4n) is 2.28. The maximum absolute atomic E-state index is 12.3. The number of rotatable bonds is 3. The summed E-state index contributed by atoms with van der Waals surface area (Å²) in [6.45, 7) is 0. The van der Waals surface area contributed by atoms with Gasteiger partial charge in [-0.25, -0.2) is 0 Å². The molecule has 110 valence electrons. The van der Waals surface area contributed by atoms with Gasteiger partial charge in [-0.15, -0.1) is 10.2 Å². The van der Waals surface area contributed by atoms with Crippen molar-refractivity contribution in [3.63, 3.8) is 0 Å². The van der Waals surface area contributed by atoms with E-state index >= 15 is 0 Å². The largest absolute Gasteiger partial charge is 0.317 e. The smallest absolute Gasteiger partial charge is 0.274 e. The number of nitrogens with one attached hydrogen (secondary N) is 2. The molecule has 22 heavy (non-hydrogen) atoms. The molecule has 0 saturated heterocycles. The van der Waals surface area contributed by atoms with E-state index in [9.17, 15) is 9.59 Å². The van der Waals surface area contributed by atoms with Crippen LogP contribution in [0.1, 0.15) is 34.3 Å². The Balaban J connectivity index is 1.62. The molecule has 1 aromatic carbocycles. The Kier molecular flexibility index (Phi) is 3.00. The lowest BCUT2D eigenvalue weighted by Crippen LogP contribution is -2.18. The second-order valence-corrected chi connectivity index (χ2v) is 6.28. The molecule has 1 fully saturated rings. The van der Waals surface area contributed by atoms with Crippen molar-refractivity contribution in [3.05, 3.63) is 51.4 Å². The summed E-state index contributed by atoms with van der Waals surface area (Å²) in [6.07, 6.45) is 2.28. The molecule has 0 bridgehead atoms. The molecule has 0 unspecified atom stereocenters. The average Bonchev–Trinajstić information content (AvgIpc) is 3.27. The van der Waals surface area contributed by atoms with Crippen LogP contribution in [0.2, 0.25) is 0 Å². The van der Waals surface area contributed by atoms with Crippen LogP contribution < -0.4 is 10.9 Å². The number of fused-ring (bicyclic) bond motifs is 1. The van der Waals surface area contributed by atoms with Crippen LogP contribution in [0.5, 0.6) is 0 Å². The molecule has 4 rings (SSSR count). The van der Waals surface area contributed by atoms with E-state index in [4.69, 9.17) is 0 Å². The molecule has 2 N–H and O–H groups in total. The molecule has 0 atom stereocenters. The van der Waals surface area contributed by atoms with Crippen molar-refractivity contribution >= 4 is 33.1 Å². The first-order valence-electron chi connectivity index (χ1n) is 6.97. The first kappa shape index (κ1) is 13.1. The molecule has 2 aromatic heterocycles. The lowest BCUT2D eigenvalue weighted by atomic mass is 10.1. The maximum atomic E-state index is 12.3. The van der Waals surface area contributed by atoms with E-state index in [1.807, 2.05) is 6.07 Å². The summed E-state index contributed by atoms with van der Waals surface area (Å²) < 4.78 is 0. The topological polar surface area (TPSA) is 87.7 Å². The van der Waals surface area contributed by atoms with Crippen LogP contribution in [-0.2, 0) is 0 Å². The van der Waals surface area contributed by atoms with Crippen molar-refractivity contribution in [2.24, 2.45) is 0 Å². The van der Waals surface area contributed by atoms with Crippen LogP contribution in [0.3, 0.4) is 0 Å². The Hall–Kier alpha value is -2.54. The number of aromatic amines is 1. The van der Waals surface area contributed by atoms with E-state index < -0.39 is 0 Å². The minimum Gasteiger partial charge on any atom is -0.317 e. The predicted octanol–water partition coefficient (Wildman–Crippen LogP) is 2.51. The predicted molar refractivity (Wildman–Crippen MR) is 84.4 cm³/mol. The number of hydrogen-bond donors (Lipinski definition) is 2. The van der Waals surface area contributed by atoms with Crippen molar-refractivity contribution in [1.29, 1.82) is 0 Å².